The Hall–Kier alpha value is -2.72. The summed E-state index contributed by atoms with van der Waals surface area (Å²) in [5.41, 5.74) is 3.83. The normalized spacial score (nSPS) is 24.7. The third-order valence-electron chi connectivity index (χ3n) is 6.12. The minimum absolute atomic E-state index is 0.0538. The minimum Gasteiger partial charge on any atom is -0.457 e. The first-order valence-electron chi connectivity index (χ1n) is 9.76. The number of benzene rings is 3. The van der Waals surface area contributed by atoms with E-state index in [9.17, 15) is 9.59 Å². The smallest absolute Gasteiger partial charge is 0.310 e. The standard InChI is InChI=1S/C25H19BrO3/c26-17-12-10-16(11-13-17)22-23-20(14-21(27)15-6-2-1-3-7-15)18-8-4-5-9-19(18)24(22)29-25(23)28/h1-13,20,22-24H,14H2/t20-,22+,23-,24+/m0/s1. The second kappa shape index (κ2) is 7.27. The molecule has 0 aromatic heterocycles. The fourth-order valence-electron chi connectivity index (χ4n) is 4.83. The highest BCUT2D eigenvalue weighted by atomic mass is 79.9. The molecular weight excluding hydrogens is 428 g/mol. The fraction of sp³-hybridized carbons (Fsp3) is 0.200. The van der Waals surface area contributed by atoms with Crippen molar-refractivity contribution < 1.29 is 14.3 Å². The van der Waals surface area contributed by atoms with Crippen LogP contribution in [0.25, 0.3) is 0 Å². The lowest BCUT2D eigenvalue weighted by atomic mass is 9.65. The highest BCUT2D eigenvalue weighted by Crippen LogP contribution is 2.57. The molecule has 3 nitrogen and oxygen atoms in total. The Balaban J connectivity index is 1.59. The number of rotatable bonds is 4. The van der Waals surface area contributed by atoms with Gasteiger partial charge in [0.05, 0.1) is 5.92 Å². The van der Waals surface area contributed by atoms with Crippen LogP contribution >= 0.6 is 15.9 Å². The van der Waals surface area contributed by atoms with Gasteiger partial charge in [0.15, 0.2) is 5.78 Å². The van der Waals surface area contributed by atoms with Crippen LogP contribution in [-0.4, -0.2) is 11.8 Å². The van der Waals surface area contributed by atoms with Crippen molar-refractivity contribution in [2.75, 3.05) is 0 Å². The minimum atomic E-state index is -0.358. The van der Waals surface area contributed by atoms with Crippen LogP contribution in [0, 0.1) is 5.92 Å². The average molecular weight is 447 g/mol. The van der Waals surface area contributed by atoms with Crippen molar-refractivity contribution in [3.05, 3.63) is 106 Å². The first kappa shape index (κ1) is 18.3. The van der Waals surface area contributed by atoms with Gasteiger partial charge in [0, 0.05) is 28.3 Å². The molecule has 0 spiro atoms. The molecule has 0 unspecified atom stereocenters. The van der Waals surface area contributed by atoms with E-state index in [-0.39, 0.29) is 35.6 Å². The monoisotopic (exact) mass is 446 g/mol. The molecule has 1 saturated heterocycles. The molecule has 2 bridgehead atoms. The zero-order valence-electron chi connectivity index (χ0n) is 15.6. The van der Waals surface area contributed by atoms with Gasteiger partial charge in [-0.3, -0.25) is 9.59 Å². The Labute approximate surface area is 177 Å². The summed E-state index contributed by atoms with van der Waals surface area (Å²) in [5.74, 6) is -0.787. The zero-order valence-corrected chi connectivity index (χ0v) is 17.2. The third-order valence-corrected chi connectivity index (χ3v) is 6.65. The van der Waals surface area contributed by atoms with Crippen LogP contribution in [0.1, 0.15) is 51.4 Å². The van der Waals surface area contributed by atoms with Crippen LogP contribution < -0.4 is 0 Å². The first-order valence-corrected chi connectivity index (χ1v) is 10.6. The van der Waals surface area contributed by atoms with Gasteiger partial charge in [-0.25, -0.2) is 0 Å². The van der Waals surface area contributed by atoms with Crippen LogP contribution in [0.4, 0.5) is 0 Å². The summed E-state index contributed by atoms with van der Waals surface area (Å²) in [6.45, 7) is 0. The lowest BCUT2D eigenvalue weighted by Crippen LogP contribution is -2.29. The van der Waals surface area contributed by atoms with Gasteiger partial charge in [-0.2, -0.15) is 0 Å². The van der Waals surface area contributed by atoms with Crippen molar-refractivity contribution >= 4 is 27.7 Å². The van der Waals surface area contributed by atoms with Crippen molar-refractivity contribution in [1.82, 2.24) is 0 Å². The molecule has 4 atom stereocenters. The summed E-state index contributed by atoms with van der Waals surface area (Å²) < 4.78 is 6.86. The number of ether oxygens (including phenoxy) is 1. The molecular formula is C25H19BrO3. The number of fused-ring (bicyclic) bond motifs is 4. The molecule has 0 amide bonds. The summed E-state index contributed by atoms with van der Waals surface area (Å²) in [6.07, 6.45) is -0.00599. The summed E-state index contributed by atoms with van der Waals surface area (Å²) in [6, 6.07) is 25.4. The summed E-state index contributed by atoms with van der Waals surface area (Å²) in [5, 5.41) is 0. The molecule has 1 fully saturated rings. The van der Waals surface area contributed by atoms with Crippen LogP contribution in [-0.2, 0) is 9.53 Å². The molecule has 5 rings (SSSR count). The molecule has 3 aromatic carbocycles. The number of hydrogen-bond donors (Lipinski definition) is 0. The van der Waals surface area contributed by atoms with Gasteiger partial charge in [-0.15, -0.1) is 0 Å². The number of Topliss-reactive ketones (excluding diaryl/α,β-unsaturated/α-hetero) is 1. The van der Waals surface area contributed by atoms with Crippen LogP contribution in [0.2, 0.25) is 0 Å². The number of hydrogen-bond acceptors (Lipinski definition) is 3. The molecule has 144 valence electrons. The van der Waals surface area contributed by atoms with Crippen molar-refractivity contribution in [2.45, 2.75) is 24.4 Å². The molecule has 1 aliphatic carbocycles. The molecule has 1 heterocycles. The van der Waals surface area contributed by atoms with E-state index in [1.807, 2.05) is 78.9 Å². The SMILES string of the molecule is O=C(C[C@H]1c2ccccc2[C@H]2OC(=O)[C@@H]1[C@H]2c1ccc(Br)cc1)c1ccccc1. The lowest BCUT2D eigenvalue weighted by Gasteiger charge is -2.34. The van der Waals surface area contributed by atoms with Crippen LogP contribution in [0.15, 0.2) is 83.3 Å². The highest BCUT2D eigenvalue weighted by Gasteiger charge is 2.54. The van der Waals surface area contributed by atoms with Gasteiger partial charge in [0.25, 0.3) is 0 Å². The maximum absolute atomic E-state index is 13.0. The number of ketones is 1. The lowest BCUT2D eigenvalue weighted by molar-refractivity contribution is -0.144. The van der Waals surface area contributed by atoms with Crippen molar-refractivity contribution in [1.29, 1.82) is 0 Å². The number of esters is 1. The van der Waals surface area contributed by atoms with Gasteiger partial charge in [-0.05, 0) is 28.8 Å². The maximum Gasteiger partial charge on any atom is 0.310 e. The molecule has 0 N–H and O–H groups in total. The molecule has 3 aromatic rings. The van der Waals surface area contributed by atoms with Gasteiger partial charge >= 0.3 is 5.97 Å². The molecule has 1 aliphatic heterocycles. The van der Waals surface area contributed by atoms with Gasteiger partial charge in [0.1, 0.15) is 6.10 Å². The van der Waals surface area contributed by atoms with Gasteiger partial charge < -0.3 is 4.74 Å². The number of carbonyl (C=O) groups excluding carboxylic acids is 2. The summed E-state index contributed by atoms with van der Waals surface area (Å²) >= 11 is 3.48. The van der Waals surface area contributed by atoms with Gasteiger partial charge in [-0.1, -0.05) is 82.7 Å². The molecule has 4 heteroatoms. The fourth-order valence-corrected chi connectivity index (χ4v) is 5.09. The zero-order chi connectivity index (χ0) is 20.0. The number of carbonyl (C=O) groups is 2. The number of halogens is 1. The largest absolute Gasteiger partial charge is 0.457 e. The topological polar surface area (TPSA) is 43.4 Å². The van der Waals surface area contributed by atoms with E-state index in [4.69, 9.17) is 4.74 Å². The average Bonchev–Trinajstić information content (AvgIpc) is 3.04. The van der Waals surface area contributed by atoms with Crippen LogP contribution in [0.5, 0.6) is 0 Å². The highest BCUT2D eigenvalue weighted by molar-refractivity contribution is 9.10. The van der Waals surface area contributed by atoms with Crippen molar-refractivity contribution in [3.63, 3.8) is 0 Å². The quantitative estimate of drug-likeness (QED) is 0.374. The molecule has 2 aliphatic rings. The Morgan fingerprint density at radius 3 is 2.21 bits per heavy atom. The second-order valence-electron chi connectivity index (χ2n) is 7.69. The third kappa shape index (κ3) is 3.12. The van der Waals surface area contributed by atoms with Crippen molar-refractivity contribution in [2.24, 2.45) is 5.92 Å². The Morgan fingerprint density at radius 1 is 0.828 bits per heavy atom. The molecule has 0 radical (unpaired) electrons. The second-order valence-corrected chi connectivity index (χ2v) is 8.61. The molecule has 0 saturated carbocycles. The van der Waals surface area contributed by atoms with E-state index in [1.165, 1.54) is 0 Å². The summed E-state index contributed by atoms with van der Waals surface area (Å²) in [4.78, 5) is 26.0. The Kier molecular flexibility index (Phi) is 4.59. The summed E-state index contributed by atoms with van der Waals surface area (Å²) in [7, 11) is 0. The van der Waals surface area contributed by atoms with E-state index < -0.39 is 0 Å². The Bertz CT molecular complexity index is 1070. The van der Waals surface area contributed by atoms with Gasteiger partial charge in [0.2, 0.25) is 0 Å². The predicted molar refractivity (Wildman–Crippen MR) is 114 cm³/mol. The van der Waals surface area contributed by atoms with E-state index in [0.29, 0.717) is 12.0 Å². The van der Waals surface area contributed by atoms with E-state index in [0.717, 1.165) is 21.2 Å². The molecule has 29 heavy (non-hydrogen) atoms. The first-order chi connectivity index (χ1) is 14.1. The van der Waals surface area contributed by atoms with E-state index in [2.05, 4.69) is 15.9 Å². The Morgan fingerprint density at radius 2 is 1.48 bits per heavy atom. The van der Waals surface area contributed by atoms with Crippen LogP contribution in [0.3, 0.4) is 0 Å². The van der Waals surface area contributed by atoms with E-state index in [1.54, 1.807) is 0 Å². The predicted octanol–water partition coefficient (Wildman–Crippen LogP) is 5.82. The van der Waals surface area contributed by atoms with Crippen molar-refractivity contribution in [3.8, 4) is 0 Å². The maximum atomic E-state index is 13.0. The van der Waals surface area contributed by atoms with E-state index >= 15 is 0 Å².